The van der Waals surface area contributed by atoms with Gasteiger partial charge in [-0.1, -0.05) is 18.2 Å². The molecule has 0 saturated carbocycles. The molecular weight excluding hydrogens is 253 g/mol. The lowest BCUT2D eigenvalue weighted by atomic mass is 10.1. The fraction of sp³-hybridized carbons (Fsp3) is 0.0714. The summed E-state index contributed by atoms with van der Waals surface area (Å²) in [6, 6.07) is 10.7. The molecule has 3 aromatic rings. The fourth-order valence-corrected chi connectivity index (χ4v) is 2.01. The van der Waals surface area contributed by atoms with Gasteiger partial charge in [-0.2, -0.15) is 13.2 Å². The lowest BCUT2D eigenvalue weighted by Gasteiger charge is -2.07. The molecule has 0 fully saturated rings. The number of hydrogen-bond donors (Lipinski definition) is 0. The third-order valence-corrected chi connectivity index (χ3v) is 2.91. The first-order chi connectivity index (χ1) is 9.05. The molecule has 0 bridgehead atoms. The van der Waals surface area contributed by atoms with Crippen LogP contribution in [0.1, 0.15) is 5.56 Å². The number of benzene rings is 1. The van der Waals surface area contributed by atoms with Gasteiger partial charge in [-0.15, -0.1) is 0 Å². The Hall–Kier alpha value is -2.30. The van der Waals surface area contributed by atoms with Crippen molar-refractivity contribution in [1.82, 2.24) is 9.38 Å². The van der Waals surface area contributed by atoms with Gasteiger partial charge in [0.2, 0.25) is 0 Å². The Labute approximate surface area is 107 Å². The number of nitrogens with zero attached hydrogens (tertiary/aromatic N) is 2. The minimum absolute atomic E-state index is 0.462. The number of aromatic nitrogens is 2. The van der Waals surface area contributed by atoms with Crippen LogP contribution in [0.25, 0.3) is 16.8 Å². The number of fused-ring (bicyclic) bond motifs is 1. The molecular formula is C14H9F3N2. The highest BCUT2D eigenvalue weighted by Gasteiger charge is 2.30. The minimum atomic E-state index is -4.34. The molecule has 3 rings (SSSR count). The van der Waals surface area contributed by atoms with Crippen LogP contribution in [-0.4, -0.2) is 9.38 Å². The van der Waals surface area contributed by atoms with E-state index in [1.165, 1.54) is 6.07 Å². The smallest absolute Gasteiger partial charge is 0.306 e. The van der Waals surface area contributed by atoms with E-state index in [1.807, 2.05) is 18.2 Å². The predicted octanol–water partition coefficient (Wildman–Crippen LogP) is 4.02. The van der Waals surface area contributed by atoms with Crippen molar-refractivity contribution in [1.29, 1.82) is 0 Å². The second-order valence-electron chi connectivity index (χ2n) is 4.16. The summed E-state index contributed by atoms with van der Waals surface area (Å²) < 4.78 is 39.9. The fourth-order valence-electron chi connectivity index (χ4n) is 2.01. The van der Waals surface area contributed by atoms with E-state index >= 15 is 0 Å². The Morgan fingerprint density at radius 1 is 1.00 bits per heavy atom. The van der Waals surface area contributed by atoms with Crippen molar-refractivity contribution in [3.8, 4) is 11.3 Å². The molecule has 5 heteroatoms. The molecule has 0 aliphatic rings. The number of halogens is 3. The molecule has 1 aromatic carbocycles. The molecule has 0 radical (unpaired) electrons. The maximum absolute atomic E-state index is 12.7. The summed E-state index contributed by atoms with van der Waals surface area (Å²) in [5.74, 6) is 0. The van der Waals surface area contributed by atoms with Crippen molar-refractivity contribution >= 4 is 5.52 Å². The summed E-state index contributed by atoms with van der Waals surface area (Å²) in [6.45, 7) is 0. The molecule has 19 heavy (non-hydrogen) atoms. The predicted molar refractivity (Wildman–Crippen MR) is 65.6 cm³/mol. The summed E-state index contributed by atoms with van der Waals surface area (Å²) >= 11 is 0. The highest BCUT2D eigenvalue weighted by Crippen LogP contribution is 2.32. The topological polar surface area (TPSA) is 17.3 Å². The van der Waals surface area contributed by atoms with Gasteiger partial charge in [-0.25, -0.2) is 4.98 Å². The maximum Gasteiger partial charge on any atom is 0.416 e. The second-order valence-corrected chi connectivity index (χ2v) is 4.16. The van der Waals surface area contributed by atoms with Crippen LogP contribution in [-0.2, 0) is 6.18 Å². The van der Waals surface area contributed by atoms with Gasteiger partial charge in [0.15, 0.2) is 0 Å². The molecule has 0 spiro atoms. The first-order valence-corrected chi connectivity index (χ1v) is 5.65. The Morgan fingerprint density at radius 3 is 2.63 bits per heavy atom. The third-order valence-electron chi connectivity index (χ3n) is 2.91. The van der Waals surface area contributed by atoms with Gasteiger partial charge in [-0.05, 0) is 24.3 Å². The van der Waals surface area contributed by atoms with Crippen LogP contribution < -0.4 is 0 Å². The third kappa shape index (κ3) is 2.07. The Morgan fingerprint density at radius 2 is 1.84 bits per heavy atom. The SMILES string of the molecule is FC(F)(F)c1cccc(-c2ncn3ccccc23)c1. The zero-order valence-corrected chi connectivity index (χ0v) is 9.72. The second kappa shape index (κ2) is 4.12. The van der Waals surface area contributed by atoms with Gasteiger partial charge in [-0.3, -0.25) is 0 Å². The van der Waals surface area contributed by atoms with Crippen LogP contribution in [0.4, 0.5) is 13.2 Å². The highest BCUT2D eigenvalue weighted by atomic mass is 19.4. The number of rotatable bonds is 1. The Balaban J connectivity index is 2.17. The van der Waals surface area contributed by atoms with Crippen LogP contribution in [0.3, 0.4) is 0 Å². The number of alkyl halides is 3. The van der Waals surface area contributed by atoms with E-state index in [1.54, 1.807) is 23.0 Å². The maximum atomic E-state index is 12.7. The van der Waals surface area contributed by atoms with Crippen LogP contribution in [0.2, 0.25) is 0 Å². The van der Waals surface area contributed by atoms with Crippen molar-refractivity contribution in [2.45, 2.75) is 6.18 Å². The lowest BCUT2D eigenvalue weighted by molar-refractivity contribution is -0.137. The molecule has 0 aliphatic carbocycles. The summed E-state index contributed by atoms with van der Waals surface area (Å²) in [4.78, 5) is 4.18. The normalized spacial score (nSPS) is 11.9. The summed E-state index contributed by atoms with van der Waals surface area (Å²) in [6.07, 6.45) is -0.948. The summed E-state index contributed by atoms with van der Waals surface area (Å²) in [5, 5.41) is 0. The molecule has 0 atom stereocenters. The molecule has 0 N–H and O–H groups in total. The molecule has 96 valence electrons. The molecule has 0 unspecified atom stereocenters. The number of imidazole rings is 1. The lowest BCUT2D eigenvalue weighted by Crippen LogP contribution is -2.04. The van der Waals surface area contributed by atoms with Crippen LogP contribution in [0, 0.1) is 0 Å². The van der Waals surface area contributed by atoms with E-state index in [4.69, 9.17) is 0 Å². The van der Waals surface area contributed by atoms with Crippen LogP contribution in [0.15, 0.2) is 55.0 Å². The quantitative estimate of drug-likeness (QED) is 0.647. The van der Waals surface area contributed by atoms with E-state index in [9.17, 15) is 13.2 Å². The van der Waals surface area contributed by atoms with E-state index in [2.05, 4.69) is 4.98 Å². The Bertz CT molecular complexity index is 729. The van der Waals surface area contributed by atoms with E-state index < -0.39 is 11.7 Å². The van der Waals surface area contributed by atoms with Gasteiger partial charge in [0.1, 0.15) is 0 Å². The minimum Gasteiger partial charge on any atom is -0.306 e. The largest absolute Gasteiger partial charge is 0.416 e. The van der Waals surface area contributed by atoms with E-state index in [0.29, 0.717) is 11.3 Å². The van der Waals surface area contributed by atoms with Crippen LogP contribution >= 0.6 is 0 Å². The average molecular weight is 262 g/mol. The van der Waals surface area contributed by atoms with Crippen molar-refractivity contribution in [2.24, 2.45) is 0 Å². The Kier molecular flexibility index (Phi) is 2.55. The van der Waals surface area contributed by atoms with Crippen molar-refractivity contribution in [3.63, 3.8) is 0 Å². The van der Waals surface area contributed by atoms with Gasteiger partial charge in [0.25, 0.3) is 0 Å². The van der Waals surface area contributed by atoms with Gasteiger partial charge in [0, 0.05) is 11.8 Å². The summed E-state index contributed by atoms with van der Waals surface area (Å²) in [7, 11) is 0. The first kappa shape index (κ1) is 11.8. The van der Waals surface area contributed by atoms with Gasteiger partial charge >= 0.3 is 6.18 Å². The molecule has 0 aliphatic heterocycles. The average Bonchev–Trinajstić information content (AvgIpc) is 2.82. The molecule has 2 aromatic heterocycles. The van der Waals surface area contributed by atoms with Crippen molar-refractivity contribution < 1.29 is 13.2 Å². The zero-order chi connectivity index (χ0) is 13.5. The van der Waals surface area contributed by atoms with E-state index in [-0.39, 0.29) is 0 Å². The molecule has 0 saturated heterocycles. The van der Waals surface area contributed by atoms with Gasteiger partial charge in [0.05, 0.1) is 23.1 Å². The standard InChI is InChI=1S/C14H9F3N2/c15-14(16,17)11-5-3-4-10(8-11)13-12-6-1-2-7-19(12)9-18-13/h1-9H. The summed E-state index contributed by atoms with van der Waals surface area (Å²) in [5.41, 5.74) is 1.12. The molecule has 2 nitrogen and oxygen atoms in total. The zero-order valence-electron chi connectivity index (χ0n) is 9.72. The van der Waals surface area contributed by atoms with Crippen molar-refractivity contribution in [3.05, 3.63) is 60.6 Å². The first-order valence-electron chi connectivity index (χ1n) is 5.65. The molecule has 2 heterocycles. The number of pyridine rings is 1. The van der Waals surface area contributed by atoms with Gasteiger partial charge < -0.3 is 4.40 Å². The van der Waals surface area contributed by atoms with Crippen molar-refractivity contribution in [2.75, 3.05) is 0 Å². The monoisotopic (exact) mass is 262 g/mol. The highest BCUT2D eigenvalue weighted by molar-refractivity contribution is 5.77. The van der Waals surface area contributed by atoms with E-state index in [0.717, 1.165) is 17.6 Å². The number of hydrogen-bond acceptors (Lipinski definition) is 1. The van der Waals surface area contributed by atoms with Crippen LogP contribution in [0.5, 0.6) is 0 Å². The molecule has 0 amide bonds.